The number of allylic oxidation sites excluding steroid dienone is 2. The van der Waals surface area contributed by atoms with E-state index in [1.807, 2.05) is 6.92 Å². The molecule has 0 radical (unpaired) electrons. The first kappa shape index (κ1) is 12.9. The third-order valence-electron chi connectivity index (χ3n) is 3.26. The highest BCUT2D eigenvalue weighted by atomic mass is 16.2. The predicted octanol–water partition coefficient (Wildman–Crippen LogP) is 2.37. The molecule has 3 nitrogen and oxygen atoms in total. The van der Waals surface area contributed by atoms with Gasteiger partial charge in [0.1, 0.15) is 0 Å². The molecular weight excluding hydrogens is 202 g/mol. The van der Waals surface area contributed by atoms with E-state index >= 15 is 0 Å². The highest BCUT2D eigenvalue weighted by Crippen LogP contribution is 2.25. The van der Waals surface area contributed by atoms with Gasteiger partial charge in [0.15, 0.2) is 0 Å². The molecule has 90 valence electrons. The standard InChI is InChI=1S/C13H21NO2/c1-5-9(2)6-10(3)7-11-8-12(15)14(4)13(11)16/h6,9,11H,5,7-8H2,1-4H3/b10-6+. The zero-order chi connectivity index (χ0) is 12.3. The van der Waals surface area contributed by atoms with Crippen molar-refractivity contribution in [1.29, 1.82) is 0 Å². The van der Waals surface area contributed by atoms with Gasteiger partial charge in [-0.3, -0.25) is 14.5 Å². The molecule has 2 amide bonds. The van der Waals surface area contributed by atoms with E-state index in [0.29, 0.717) is 12.3 Å². The molecule has 16 heavy (non-hydrogen) atoms. The van der Waals surface area contributed by atoms with Crippen LogP contribution in [-0.2, 0) is 9.59 Å². The third kappa shape index (κ3) is 2.94. The lowest BCUT2D eigenvalue weighted by Gasteiger charge is -2.10. The second-order valence-electron chi connectivity index (χ2n) is 4.79. The van der Waals surface area contributed by atoms with Gasteiger partial charge in [-0.05, 0) is 19.3 Å². The van der Waals surface area contributed by atoms with Crippen LogP contribution in [0.2, 0.25) is 0 Å². The second-order valence-corrected chi connectivity index (χ2v) is 4.79. The molecule has 1 saturated heterocycles. The van der Waals surface area contributed by atoms with Crippen LogP contribution >= 0.6 is 0 Å². The summed E-state index contributed by atoms with van der Waals surface area (Å²) in [5, 5.41) is 0. The van der Waals surface area contributed by atoms with E-state index in [1.54, 1.807) is 7.05 Å². The first-order valence-corrected chi connectivity index (χ1v) is 5.93. The van der Waals surface area contributed by atoms with Gasteiger partial charge in [-0.25, -0.2) is 0 Å². The minimum Gasteiger partial charge on any atom is -0.285 e. The van der Waals surface area contributed by atoms with E-state index in [2.05, 4.69) is 19.9 Å². The molecule has 0 bridgehead atoms. The Balaban J connectivity index is 2.59. The number of amides is 2. The summed E-state index contributed by atoms with van der Waals surface area (Å²) in [6.45, 7) is 6.35. The van der Waals surface area contributed by atoms with Crippen molar-refractivity contribution in [2.75, 3.05) is 7.05 Å². The molecule has 1 aliphatic heterocycles. The van der Waals surface area contributed by atoms with Crippen molar-refractivity contribution in [2.45, 2.75) is 40.0 Å². The van der Waals surface area contributed by atoms with Crippen molar-refractivity contribution in [3.8, 4) is 0 Å². The highest BCUT2D eigenvalue weighted by Gasteiger charge is 2.35. The minimum atomic E-state index is -0.127. The van der Waals surface area contributed by atoms with Crippen LogP contribution < -0.4 is 0 Å². The Hall–Kier alpha value is -1.12. The van der Waals surface area contributed by atoms with Gasteiger partial charge in [0.2, 0.25) is 11.8 Å². The van der Waals surface area contributed by atoms with Gasteiger partial charge in [0.25, 0.3) is 0 Å². The lowest BCUT2D eigenvalue weighted by atomic mass is 9.95. The molecule has 0 aromatic rings. The quantitative estimate of drug-likeness (QED) is 0.542. The molecule has 3 heteroatoms. The van der Waals surface area contributed by atoms with E-state index < -0.39 is 0 Å². The zero-order valence-electron chi connectivity index (χ0n) is 10.6. The van der Waals surface area contributed by atoms with Gasteiger partial charge in [-0.1, -0.05) is 31.9 Å². The number of hydrogen-bond donors (Lipinski definition) is 0. The maximum atomic E-state index is 11.7. The highest BCUT2D eigenvalue weighted by molar-refractivity contribution is 6.03. The van der Waals surface area contributed by atoms with Gasteiger partial charge < -0.3 is 0 Å². The van der Waals surface area contributed by atoms with Crippen LogP contribution in [0.3, 0.4) is 0 Å². The van der Waals surface area contributed by atoms with E-state index in [-0.39, 0.29) is 17.7 Å². The topological polar surface area (TPSA) is 37.4 Å². The summed E-state index contributed by atoms with van der Waals surface area (Å²) >= 11 is 0. The maximum Gasteiger partial charge on any atom is 0.232 e. The molecule has 0 spiro atoms. The Kier molecular flexibility index (Phi) is 4.27. The van der Waals surface area contributed by atoms with E-state index in [4.69, 9.17) is 0 Å². The van der Waals surface area contributed by atoms with Crippen LogP contribution in [0.15, 0.2) is 11.6 Å². The Bertz CT molecular complexity index is 320. The van der Waals surface area contributed by atoms with Crippen LogP contribution in [0.25, 0.3) is 0 Å². The van der Waals surface area contributed by atoms with E-state index in [9.17, 15) is 9.59 Å². The van der Waals surface area contributed by atoms with Crippen molar-refractivity contribution >= 4 is 11.8 Å². The van der Waals surface area contributed by atoms with Crippen molar-refractivity contribution in [1.82, 2.24) is 4.90 Å². The summed E-state index contributed by atoms with van der Waals surface area (Å²) in [7, 11) is 1.57. The van der Waals surface area contributed by atoms with Gasteiger partial charge in [-0.2, -0.15) is 0 Å². The normalized spacial score (nSPS) is 24.1. The van der Waals surface area contributed by atoms with Crippen molar-refractivity contribution in [2.24, 2.45) is 11.8 Å². The van der Waals surface area contributed by atoms with Crippen LogP contribution in [0.5, 0.6) is 0 Å². The fourth-order valence-electron chi connectivity index (χ4n) is 2.05. The van der Waals surface area contributed by atoms with Gasteiger partial charge in [0.05, 0.1) is 5.92 Å². The molecule has 0 aliphatic carbocycles. The van der Waals surface area contributed by atoms with Gasteiger partial charge >= 0.3 is 0 Å². The summed E-state index contributed by atoms with van der Waals surface area (Å²) in [6, 6.07) is 0. The largest absolute Gasteiger partial charge is 0.285 e. The Morgan fingerprint density at radius 2 is 2.19 bits per heavy atom. The summed E-state index contributed by atoms with van der Waals surface area (Å²) < 4.78 is 0. The average molecular weight is 223 g/mol. The lowest BCUT2D eigenvalue weighted by molar-refractivity contribution is -0.137. The number of likely N-dealkylation sites (tertiary alicyclic amines) is 1. The minimum absolute atomic E-state index is 0.0260. The molecule has 0 N–H and O–H groups in total. The number of rotatable bonds is 4. The molecular formula is C13H21NO2. The molecule has 1 fully saturated rings. The lowest BCUT2D eigenvalue weighted by Crippen LogP contribution is -2.25. The number of imide groups is 1. The third-order valence-corrected chi connectivity index (χ3v) is 3.26. The number of carbonyl (C=O) groups is 2. The number of carbonyl (C=O) groups excluding carboxylic acids is 2. The number of nitrogens with zero attached hydrogens (tertiary/aromatic N) is 1. The zero-order valence-corrected chi connectivity index (χ0v) is 10.6. The van der Waals surface area contributed by atoms with Crippen LogP contribution in [-0.4, -0.2) is 23.8 Å². The molecule has 1 aliphatic rings. The maximum absolute atomic E-state index is 11.7. The fourth-order valence-corrected chi connectivity index (χ4v) is 2.05. The van der Waals surface area contributed by atoms with Crippen molar-refractivity contribution in [3.05, 3.63) is 11.6 Å². The average Bonchev–Trinajstić information content (AvgIpc) is 2.46. The molecule has 1 rings (SSSR count). The molecule has 0 aromatic heterocycles. The molecule has 0 aromatic carbocycles. The van der Waals surface area contributed by atoms with E-state index in [1.165, 1.54) is 10.5 Å². The van der Waals surface area contributed by atoms with Gasteiger partial charge in [0, 0.05) is 13.5 Å². The first-order valence-electron chi connectivity index (χ1n) is 5.93. The first-order chi connectivity index (χ1) is 7.45. The number of hydrogen-bond acceptors (Lipinski definition) is 2. The summed E-state index contributed by atoms with van der Waals surface area (Å²) in [6.07, 6.45) is 4.41. The van der Waals surface area contributed by atoms with Crippen LogP contribution in [0.1, 0.15) is 40.0 Å². The van der Waals surface area contributed by atoms with Crippen LogP contribution in [0.4, 0.5) is 0 Å². The van der Waals surface area contributed by atoms with Crippen molar-refractivity contribution < 1.29 is 9.59 Å². The SMILES string of the molecule is CCC(C)/C=C(\C)CC1CC(=O)N(C)C1=O. The van der Waals surface area contributed by atoms with Crippen LogP contribution in [0, 0.1) is 11.8 Å². The van der Waals surface area contributed by atoms with E-state index in [0.717, 1.165) is 12.8 Å². The molecule has 1 heterocycles. The molecule has 2 unspecified atom stereocenters. The molecule has 2 atom stereocenters. The Labute approximate surface area is 97.5 Å². The fraction of sp³-hybridized carbons (Fsp3) is 0.692. The Morgan fingerprint density at radius 1 is 1.56 bits per heavy atom. The predicted molar refractivity (Wildman–Crippen MR) is 63.7 cm³/mol. The van der Waals surface area contributed by atoms with Crippen molar-refractivity contribution in [3.63, 3.8) is 0 Å². The summed E-state index contributed by atoms with van der Waals surface area (Å²) in [5.74, 6) is 0.344. The summed E-state index contributed by atoms with van der Waals surface area (Å²) in [4.78, 5) is 24.3. The Morgan fingerprint density at radius 3 is 2.62 bits per heavy atom. The van der Waals surface area contributed by atoms with Gasteiger partial charge in [-0.15, -0.1) is 0 Å². The second kappa shape index (κ2) is 5.28. The monoisotopic (exact) mass is 223 g/mol. The smallest absolute Gasteiger partial charge is 0.232 e. The summed E-state index contributed by atoms with van der Waals surface area (Å²) in [5.41, 5.74) is 1.22. The molecule has 0 saturated carbocycles.